The summed E-state index contributed by atoms with van der Waals surface area (Å²) < 4.78 is 40.4. The van der Waals surface area contributed by atoms with Crippen molar-refractivity contribution in [1.82, 2.24) is 10.3 Å². The maximum atomic E-state index is 13.5. The zero-order chi connectivity index (χ0) is 25.8. The standard InChI is InChI=1S/C26H29F3N4.C2H6/c1-3-16-31-24-13-8-17-32-25(24)18(2)33-23(20-10-5-7-12-22(20)30)15-14-19-9-4-6-11-21(19)26(27,28)29;1-2/h4-13,15,17-18,31,33H,3,14,16,30H2,1-2H3;1-2H3/b23-15+;. The van der Waals surface area contributed by atoms with Gasteiger partial charge in [0, 0.05) is 29.7 Å². The van der Waals surface area contributed by atoms with Crippen LogP contribution < -0.4 is 16.4 Å². The molecular weight excluding hydrogens is 449 g/mol. The van der Waals surface area contributed by atoms with Gasteiger partial charge >= 0.3 is 6.18 Å². The number of anilines is 2. The van der Waals surface area contributed by atoms with E-state index in [2.05, 4.69) is 22.5 Å². The normalized spacial score (nSPS) is 12.4. The third-order valence-electron chi connectivity index (χ3n) is 5.29. The SMILES string of the molecule is CC.CCCNc1cccnc1C(C)N/C(=C/Cc1ccccc1C(F)(F)F)c1ccccc1N. The van der Waals surface area contributed by atoms with Crippen LogP contribution in [0.25, 0.3) is 5.70 Å². The highest BCUT2D eigenvalue weighted by molar-refractivity contribution is 5.74. The molecule has 3 rings (SSSR count). The number of hydrogen-bond donors (Lipinski definition) is 3. The quantitative estimate of drug-likeness (QED) is 0.276. The summed E-state index contributed by atoms with van der Waals surface area (Å²) in [5.74, 6) is 0. The number of alkyl halides is 3. The summed E-state index contributed by atoms with van der Waals surface area (Å²) in [6.45, 7) is 8.87. The van der Waals surface area contributed by atoms with E-state index >= 15 is 0 Å². The summed E-state index contributed by atoms with van der Waals surface area (Å²) in [5.41, 5.74) is 9.45. The molecule has 7 heteroatoms. The van der Waals surface area contributed by atoms with E-state index in [0.29, 0.717) is 11.4 Å². The molecule has 0 radical (unpaired) electrons. The number of halogens is 3. The van der Waals surface area contributed by atoms with E-state index in [1.54, 1.807) is 24.4 Å². The van der Waals surface area contributed by atoms with Crippen molar-refractivity contribution in [1.29, 1.82) is 0 Å². The Morgan fingerprint density at radius 2 is 1.71 bits per heavy atom. The molecule has 188 valence electrons. The fourth-order valence-corrected chi connectivity index (χ4v) is 3.65. The van der Waals surface area contributed by atoms with Crippen LogP contribution in [0.2, 0.25) is 0 Å². The maximum Gasteiger partial charge on any atom is 0.416 e. The number of allylic oxidation sites excluding steroid dienone is 1. The summed E-state index contributed by atoms with van der Waals surface area (Å²) in [6, 6.07) is 16.5. The molecule has 0 aliphatic rings. The third kappa shape index (κ3) is 7.77. The molecule has 0 aliphatic carbocycles. The molecule has 0 saturated carbocycles. The molecule has 1 atom stereocenters. The largest absolute Gasteiger partial charge is 0.416 e. The molecule has 2 aromatic carbocycles. The Balaban J connectivity index is 0.00000210. The van der Waals surface area contributed by atoms with E-state index < -0.39 is 11.7 Å². The minimum atomic E-state index is -4.41. The van der Waals surface area contributed by atoms with E-state index in [4.69, 9.17) is 5.73 Å². The lowest BCUT2D eigenvalue weighted by molar-refractivity contribution is -0.138. The number of pyridine rings is 1. The molecule has 1 unspecified atom stereocenters. The van der Waals surface area contributed by atoms with E-state index in [-0.39, 0.29) is 18.0 Å². The lowest BCUT2D eigenvalue weighted by Gasteiger charge is -2.22. The van der Waals surface area contributed by atoms with Gasteiger partial charge in [0.25, 0.3) is 0 Å². The number of para-hydroxylation sites is 1. The lowest BCUT2D eigenvalue weighted by Crippen LogP contribution is -2.21. The van der Waals surface area contributed by atoms with Crippen molar-refractivity contribution in [3.05, 3.63) is 95.3 Å². The second kappa shape index (κ2) is 13.4. The van der Waals surface area contributed by atoms with Crippen molar-refractivity contribution in [3.8, 4) is 0 Å². The highest BCUT2D eigenvalue weighted by atomic mass is 19.4. The van der Waals surface area contributed by atoms with Gasteiger partial charge in [0.15, 0.2) is 0 Å². The van der Waals surface area contributed by atoms with Gasteiger partial charge in [-0.05, 0) is 49.6 Å². The monoisotopic (exact) mass is 484 g/mol. The molecule has 0 fully saturated rings. The molecule has 1 heterocycles. The van der Waals surface area contributed by atoms with E-state index in [9.17, 15) is 13.2 Å². The predicted molar refractivity (Wildman–Crippen MR) is 140 cm³/mol. The summed E-state index contributed by atoms with van der Waals surface area (Å²) >= 11 is 0. The van der Waals surface area contributed by atoms with E-state index in [0.717, 1.165) is 36.0 Å². The van der Waals surface area contributed by atoms with Gasteiger partial charge in [-0.15, -0.1) is 0 Å². The van der Waals surface area contributed by atoms with Gasteiger partial charge in [0.2, 0.25) is 0 Å². The number of rotatable bonds is 9. The highest BCUT2D eigenvalue weighted by Crippen LogP contribution is 2.33. The molecular formula is C28H35F3N4. The Labute approximate surface area is 206 Å². The van der Waals surface area contributed by atoms with Gasteiger partial charge in [-0.3, -0.25) is 4.98 Å². The summed E-state index contributed by atoms with van der Waals surface area (Å²) in [5, 5.41) is 6.81. The topological polar surface area (TPSA) is 63.0 Å². The van der Waals surface area contributed by atoms with Crippen LogP contribution in [0.4, 0.5) is 24.5 Å². The van der Waals surface area contributed by atoms with Crippen molar-refractivity contribution in [2.75, 3.05) is 17.6 Å². The average molecular weight is 485 g/mol. The number of benzene rings is 2. The molecule has 0 amide bonds. The first-order valence-corrected chi connectivity index (χ1v) is 12.0. The fraction of sp³-hybridized carbons (Fsp3) is 0.321. The minimum absolute atomic E-state index is 0.0994. The van der Waals surface area contributed by atoms with Crippen LogP contribution in [0.1, 0.15) is 62.5 Å². The number of hydrogen-bond acceptors (Lipinski definition) is 4. The summed E-state index contributed by atoms with van der Waals surface area (Å²) in [6.07, 6.45) is 0.146. The van der Waals surface area contributed by atoms with Gasteiger partial charge in [0.05, 0.1) is 23.0 Å². The Morgan fingerprint density at radius 1 is 1.03 bits per heavy atom. The highest BCUT2D eigenvalue weighted by Gasteiger charge is 2.32. The fourth-order valence-electron chi connectivity index (χ4n) is 3.65. The number of nitrogen functional groups attached to an aromatic ring is 1. The van der Waals surface area contributed by atoms with Gasteiger partial charge in [0.1, 0.15) is 0 Å². The van der Waals surface area contributed by atoms with Crippen molar-refractivity contribution >= 4 is 17.1 Å². The molecule has 0 aliphatic heterocycles. The zero-order valence-electron chi connectivity index (χ0n) is 20.8. The second-order valence-corrected chi connectivity index (χ2v) is 7.79. The number of nitrogens with two attached hydrogens (primary N) is 1. The Morgan fingerprint density at radius 3 is 2.40 bits per heavy atom. The second-order valence-electron chi connectivity index (χ2n) is 7.79. The van der Waals surface area contributed by atoms with Crippen molar-refractivity contribution in [2.45, 2.75) is 52.8 Å². The number of nitrogens with one attached hydrogen (secondary N) is 2. The van der Waals surface area contributed by atoms with Gasteiger partial charge in [-0.1, -0.05) is 63.2 Å². The van der Waals surface area contributed by atoms with Crippen LogP contribution in [-0.4, -0.2) is 11.5 Å². The van der Waals surface area contributed by atoms with Gasteiger partial charge < -0.3 is 16.4 Å². The van der Waals surface area contributed by atoms with Crippen LogP contribution in [0.3, 0.4) is 0 Å². The Bertz CT molecular complexity index is 1090. The van der Waals surface area contributed by atoms with Crippen LogP contribution >= 0.6 is 0 Å². The molecule has 4 nitrogen and oxygen atoms in total. The average Bonchev–Trinajstić information content (AvgIpc) is 2.86. The molecule has 0 bridgehead atoms. The Kier molecular flexibility index (Phi) is 10.6. The smallest absolute Gasteiger partial charge is 0.398 e. The lowest BCUT2D eigenvalue weighted by atomic mass is 10.0. The predicted octanol–water partition coefficient (Wildman–Crippen LogP) is 7.47. The number of aromatic nitrogens is 1. The molecule has 0 spiro atoms. The van der Waals surface area contributed by atoms with Crippen molar-refractivity contribution < 1.29 is 13.2 Å². The van der Waals surface area contributed by atoms with Gasteiger partial charge in [-0.2, -0.15) is 13.2 Å². The van der Waals surface area contributed by atoms with Crippen LogP contribution in [0.15, 0.2) is 72.9 Å². The van der Waals surface area contributed by atoms with Crippen LogP contribution in [-0.2, 0) is 12.6 Å². The van der Waals surface area contributed by atoms with E-state index in [1.807, 2.05) is 51.1 Å². The maximum absolute atomic E-state index is 13.5. The molecule has 1 aromatic heterocycles. The van der Waals surface area contributed by atoms with Crippen molar-refractivity contribution in [3.63, 3.8) is 0 Å². The molecule has 35 heavy (non-hydrogen) atoms. The first-order valence-electron chi connectivity index (χ1n) is 12.0. The summed E-state index contributed by atoms with van der Waals surface area (Å²) in [7, 11) is 0. The minimum Gasteiger partial charge on any atom is -0.398 e. The van der Waals surface area contributed by atoms with E-state index in [1.165, 1.54) is 12.1 Å². The Hall–Kier alpha value is -3.48. The van der Waals surface area contributed by atoms with Crippen LogP contribution in [0, 0.1) is 0 Å². The van der Waals surface area contributed by atoms with Crippen molar-refractivity contribution in [2.24, 2.45) is 0 Å². The van der Waals surface area contributed by atoms with Crippen LogP contribution in [0.5, 0.6) is 0 Å². The van der Waals surface area contributed by atoms with Gasteiger partial charge in [-0.25, -0.2) is 0 Å². The number of nitrogens with zero attached hydrogens (tertiary/aromatic N) is 1. The third-order valence-corrected chi connectivity index (χ3v) is 5.29. The first-order chi connectivity index (χ1) is 16.8. The molecule has 4 N–H and O–H groups in total. The zero-order valence-corrected chi connectivity index (χ0v) is 20.8. The summed E-state index contributed by atoms with van der Waals surface area (Å²) in [4.78, 5) is 4.53. The first kappa shape index (κ1) is 27.8. The molecule has 3 aromatic rings. The molecule has 0 saturated heterocycles.